The summed E-state index contributed by atoms with van der Waals surface area (Å²) in [7, 11) is 7.49. The molecule has 0 radical (unpaired) electrons. The molecule has 0 spiro atoms. The Balaban J connectivity index is 1.65. The number of halogens is 2. The van der Waals surface area contributed by atoms with Crippen LogP contribution in [0.2, 0.25) is 0 Å². The van der Waals surface area contributed by atoms with Crippen LogP contribution in [0, 0.1) is 5.82 Å². The quantitative estimate of drug-likeness (QED) is 0.180. The summed E-state index contributed by atoms with van der Waals surface area (Å²) in [5.41, 5.74) is 2.05. The highest BCUT2D eigenvalue weighted by Crippen LogP contribution is 2.44. The Morgan fingerprint density at radius 2 is 1.74 bits per heavy atom. The number of hydrogen-bond donors (Lipinski definition) is 4. The molecule has 1 aliphatic carbocycles. The summed E-state index contributed by atoms with van der Waals surface area (Å²) in [5.74, 6) is 0.734. The number of alkyl halides is 1. The molecule has 11 nitrogen and oxygen atoms in total. The van der Waals surface area contributed by atoms with E-state index in [0.29, 0.717) is 40.5 Å². The molecule has 232 valence electrons. The van der Waals surface area contributed by atoms with Crippen LogP contribution in [-0.2, 0) is 10.4 Å². The van der Waals surface area contributed by atoms with Crippen molar-refractivity contribution in [3.8, 4) is 5.75 Å². The van der Waals surface area contributed by atoms with Crippen molar-refractivity contribution in [2.45, 2.75) is 44.6 Å². The summed E-state index contributed by atoms with van der Waals surface area (Å²) in [6.07, 6.45) is 3.36. The molecule has 1 aromatic heterocycles. The average Bonchev–Trinajstić information content (AvgIpc) is 3.78. The number of nitrogens with zero attached hydrogens (tertiary/aromatic N) is 5. The summed E-state index contributed by atoms with van der Waals surface area (Å²) < 4.78 is 20.5. The standard InChI is InChI=1S/C30H40ClFN8O3/c1-30(2,42)20-14-21(32)19(18-7-8-18)13-22(20)36-28-33-17-34-29(38-28)37-24-15-23(35-27(41)9-10-31)25(16-26(24)43-6)40(5)12-11-39(3)4/h13-18,42H,7-12H2,1-6H3,(H,35,41)(H2,33,34,36,37,38). The van der Waals surface area contributed by atoms with Gasteiger partial charge in [-0.2, -0.15) is 4.98 Å². The minimum Gasteiger partial charge on any atom is -0.494 e. The van der Waals surface area contributed by atoms with E-state index in [1.54, 1.807) is 33.1 Å². The molecule has 1 amide bonds. The monoisotopic (exact) mass is 614 g/mol. The Hall–Kier alpha value is -3.74. The number of likely N-dealkylation sites (N-methyl/N-ethyl adjacent to an activating group) is 2. The fourth-order valence-electron chi connectivity index (χ4n) is 4.58. The van der Waals surface area contributed by atoms with Gasteiger partial charge in [0.1, 0.15) is 17.9 Å². The van der Waals surface area contributed by atoms with Crippen molar-refractivity contribution in [3.05, 3.63) is 47.5 Å². The topological polar surface area (TPSA) is 128 Å². The molecule has 0 unspecified atom stereocenters. The van der Waals surface area contributed by atoms with Crippen LogP contribution in [0.4, 0.5) is 39.0 Å². The van der Waals surface area contributed by atoms with Gasteiger partial charge in [0.05, 0.1) is 29.8 Å². The summed E-state index contributed by atoms with van der Waals surface area (Å²) in [4.78, 5) is 29.6. The number of anilines is 6. The Labute approximate surface area is 256 Å². The molecule has 4 N–H and O–H groups in total. The number of hydrogen-bond acceptors (Lipinski definition) is 10. The summed E-state index contributed by atoms with van der Waals surface area (Å²) in [5, 5.41) is 20.0. The van der Waals surface area contributed by atoms with Crippen LogP contribution in [0.15, 0.2) is 30.6 Å². The highest BCUT2D eigenvalue weighted by molar-refractivity contribution is 6.19. The number of amides is 1. The van der Waals surface area contributed by atoms with E-state index >= 15 is 0 Å². The summed E-state index contributed by atoms with van der Waals surface area (Å²) in [6, 6.07) is 6.69. The molecule has 43 heavy (non-hydrogen) atoms. The van der Waals surface area contributed by atoms with Crippen LogP contribution < -0.4 is 25.6 Å². The molecule has 1 fully saturated rings. The maximum absolute atomic E-state index is 14.8. The number of aromatic nitrogens is 3. The first kappa shape index (κ1) is 32.2. The van der Waals surface area contributed by atoms with Crippen molar-refractivity contribution in [1.82, 2.24) is 19.9 Å². The highest BCUT2D eigenvalue weighted by Gasteiger charge is 2.30. The lowest BCUT2D eigenvalue weighted by Gasteiger charge is -2.26. The number of ether oxygens (including phenoxy) is 1. The Morgan fingerprint density at radius 1 is 1.07 bits per heavy atom. The van der Waals surface area contributed by atoms with Gasteiger partial charge in [0, 0.05) is 49.8 Å². The third kappa shape index (κ3) is 8.43. The fourth-order valence-corrected chi connectivity index (χ4v) is 4.76. The van der Waals surface area contributed by atoms with Gasteiger partial charge in [0.25, 0.3) is 0 Å². The van der Waals surface area contributed by atoms with Crippen molar-refractivity contribution in [3.63, 3.8) is 0 Å². The zero-order valence-electron chi connectivity index (χ0n) is 25.5. The molecular formula is C30H40ClFN8O3. The Morgan fingerprint density at radius 3 is 2.33 bits per heavy atom. The van der Waals surface area contributed by atoms with Crippen LogP contribution in [0.25, 0.3) is 0 Å². The number of methoxy groups -OCH3 is 1. The van der Waals surface area contributed by atoms with Gasteiger partial charge in [-0.3, -0.25) is 4.79 Å². The molecular weight excluding hydrogens is 575 g/mol. The summed E-state index contributed by atoms with van der Waals surface area (Å²) in [6.45, 7) is 4.71. The predicted molar refractivity (Wildman–Crippen MR) is 169 cm³/mol. The predicted octanol–water partition coefficient (Wildman–Crippen LogP) is 5.18. The van der Waals surface area contributed by atoms with Crippen molar-refractivity contribution < 1.29 is 19.0 Å². The van der Waals surface area contributed by atoms with E-state index < -0.39 is 5.60 Å². The molecule has 0 bridgehead atoms. The molecule has 1 saturated carbocycles. The molecule has 0 atom stereocenters. The van der Waals surface area contributed by atoms with Crippen molar-refractivity contribution in [1.29, 1.82) is 0 Å². The number of carbonyl (C=O) groups excluding carboxylic acids is 1. The van der Waals surface area contributed by atoms with E-state index in [0.717, 1.165) is 25.1 Å². The molecule has 1 heterocycles. The second-order valence-corrected chi connectivity index (χ2v) is 11.8. The fraction of sp³-hybridized carbons (Fsp3) is 0.467. The smallest absolute Gasteiger partial charge is 0.232 e. The van der Waals surface area contributed by atoms with Crippen LogP contribution in [0.3, 0.4) is 0 Å². The summed E-state index contributed by atoms with van der Waals surface area (Å²) >= 11 is 5.81. The van der Waals surface area contributed by atoms with E-state index in [2.05, 4.69) is 35.8 Å². The van der Waals surface area contributed by atoms with E-state index in [9.17, 15) is 14.3 Å². The third-order valence-corrected chi connectivity index (χ3v) is 7.27. The lowest BCUT2D eigenvalue weighted by Crippen LogP contribution is -2.29. The maximum Gasteiger partial charge on any atom is 0.232 e. The number of benzene rings is 2. The first-order valence-corrected chi connectivity index (χ1v) is 14.7. The Bertz CT molecular complexity index is 1450. The van der Waals surface area contributed by atoms with Gasteiger partial charge in [-0.1, -0.05) is 0 Å². The van der Waals surface area contributed by atoms with Crippen molar-refractivity contribution >= 4 is 52.2 Å². The van der Waals surface area contributed by atoms with E-state index in [1.165, 1.54) is 12.4 Å². The largest absolute Gasteiger partial charge is 0.494 e. The van der Waals surface area contributed by atoms with Gasteiger partial charge in [0.15, 0.2) is 0 Å². The van der Waals surface area contributed by atoms with Crippen LogP contribution in [-0.4, -0.2) is 78.1 Å². The van der Waals surface area contributed by atoms with Crippen LogP contribution in [0.1, 0.15) is 50.2 Å². The number of aliphatic hydroxyl groups is 1. The van der Waals surface area contributed by atoms with Crippen molar-refractivity contribution in [2.24, 2.45) is 0 Å². The van der Waals surface area contributed by atoms with Gasteiger partial charge < -0.3 is 35.6 Å². The van der Waals surface area contributed by atoms with Gasteiger partial charge >= 0.3 is 0 Å². The first-order chi connectivity index (χ1) is 20.4. The molecule has 0 aliphatic heterocycles. The average molecular weight is 615 g/mol. The zero-order chi connectivity index (χ0) is 31.3. The van der Waals surface area contributed by atoms with Crippen molar-refractivity contribution in [2.75, 3.05) is 68.1 Å². The van der Waals surface area contributed by atoms with Gasteiger partial charge in [-0.05, 0) is 70.5 Å². The van der Waals surface area contributed by atoms with Crippen LogP contribution in [0.5, 0.6) is 5.75 Å². The molecule has 4 rings (SSSR count). The maximum atomic E-state index is 14.8. The normalized spacial score (nSPS) is 13.2. The number of carbonyl (C=O) groups is 1. The SMILES string of the molecule is COc1cc(N(C)CCN(C)C)c(NC(=O)CCCl)cc1Nc1ncnc(Nc2cc(C3CC3)c(F)cc2C(C)(C)O)n1. The molecule has 1 aliphatic rings. The molecule has 3 aromatic rings. The highest BCUT2D eigenvalue weighted by atomic mass is 35.5. The van der Waals surface area contributed by atoms with E-state index in [1.807, 2.05) is 32.1 Å². The number of nitrogens with one attached hydrogen (secondary N) is 3. The molecule has 2 aromatic carbocycles. The van der Waals surface area contributed by atoms with Gasteiger partial charge in [0.2, 0.25) is 17.8 Å². The zero-order valence-corrected chi connectivity index (χ0v) is 26.2. The minimum atomic E-state index is -1.31. The number of rotatable bonds is 14. The Kier molecular flexibility index (Phi) is 10.3. The lowest BCUT2D eigenvalue weighted by atomic mass is 9.93. The van der Waals surface area contributed by atoms with E-state index in [4.69, 9.17) is 16.3 Å². The van der Waals surface area contributed by atoms with Gasteiger partial charge in [-0.15, -0.1) is 11.6 Å². The molecule has 13 heteroatoms. The second kappa shape index (κ2) is 13.7. The second-order valence-electron chi connectivity index (χ2n) is 11.4. The minimum absolute atomic E-state index is 0.165. The van der Waals surface area contributed by atoms with Crippen LogP contribution >= 0.6 is 11.6 Å². The third-order valence-electron chi connectivity index (χ3n) is 7.09. The lowest BCUT2D eigenvalue weighted by molar-refractivity contribution is -0.115. The van der Waals surface area contributed by atoms with Gasteiger partial charge in [-0.25, -0.2) is 14.4 Å². The molecule has 0 saturated heterocycles. The van der Waals surface area contributed by atoms with E-state index in [-0.39, 0.29) is 41.8 Å². The first-order valence-electron chi connectivity index (χ1n) is 14.1.